The maximum Gasteiger partial charge on any atom is 0.273 e. The van der Waals surface area contributed by atoms with Gasteiger partial charge in [-0.1, -0.05) is 37.3 Å². The van der Waals surface area contributed by atoms with Crippen molar-refractivity contribution in [1.82, 2.24) is 10.2 Å². The van der Waals surface area contributed by atoms with Crippen LogP contribution in [0.3, 0.4) is 0 Å². The Morgan fingerprint density at radius 2 is 1.77 bits per heavy atom. The molecule has 0 spiro atoms. The second-order valence-electron chi connectivity index (χ2n) is 7.20. The summed E-state index contributed by atoms with van der Waals surface area (Å²) in [5.74, 6) is -1.15. The fourth-order valence-corrected chi connectivity index (χ4v) is 2.94. The third kappa shape index (κ3) is 6.10. The first kappa shape index (κ1) is 23.0. The van der Waals surface area contributed by atoms with Gasteiger partial charge in [-0.05, 0) is 38.0 Å². The predicted octanol–water partition coefficient (Wildman–Crippen LogP) is 3.61. The monoisotopic (exact) mass is 415 g/mol. The summed E-state index contributed by atoms with van der Waals surface area (Å²) in [5.41, 5.74) is 0.769. The van der Waals surface area contributed by atoms with Crippen molar-refractivity contribution < 1.29 is 18.9 Å². The van der Waals surface area contributed by atoms with E-state index in [-0.39, 0.29) is 36.2 Å². The molecule has 0 bridgehead atoms. The molecule has 0 fully saturated rings. The lowest BCUT2D eigenvalue weighted by Crippen LogP contribution is -2.49. The van der Waals surface area contributed by atoms with Crippen molar-refractivity contribution in [3.8, 4) is 0 Å². The number of carbonyl (C=O) groups is 2. The Balaban J connectivity index is 2.29. The first-order valence-electron chi connectivity index (χ1n) is 9.79. The molecule has 0 aliphatic heterocycles. The van der Waals surface area contributed by atoms with Crippen LogP contribution in [0.15, 0.2) is 48.5 Å². The molecular weight excluding hydrogens is 389 g/mol. The molecular formula is C22H26FN3O4. The molecule has 2 amide bonds. The molecule has 2 aromatic rings. The summed E-state index contributed by atoms with van der Waals surface area (Å²) < 4.78 is 13.3. The molecule has 0 radical (unpaired) electrons. The van der Waals surface area contributed by atoms with Crippen molar-refractivity contribution in [1.29, 1.82) is 0 Å². The molecule has 7 nitrogen and oxygen atoms in total. The lowest BCUT2D eigenvalue weighted by Gasteiger charge is -2.29. The van der Waals surface area contributed by atoms with Crippen LogP contribution in [0.5, 0.6) is 0 Å². The van der Waals surface area contributed by atoms with Gasteiger partial charge in [0.25, 0.3) is 5.69 Å². The molecule has 1 N–H and O–H groups in total. The Bertz CT molecular complexity index is 902. The predicted molar refractivity (Wildman–Crippen MR) is 111 cm³/mol. The molecule has 2 rings (SSSR count). The first-order chi connectivity index (χ1) is 14.2. The minimum Gasteiger partial charge on any atom is -0.352 e. The van der Waals surface area contributed by atoms with Gasteiger partial charge in [0, 0.05) is 24.2 Å². The van der Waals surface area contributed by atoms with Crippen LogP contribution in [0.1, 0.15) is 38.3 Å². The van der Waals surface area contributed by atoms with Crippen LogP contribution >= 0.6 is 0 Å². The van der Waals surface area contributed by atoms with E-state index in [2.05, 4.69) is 5.32 Å². The van der Waals surface area contributed by atoms with Gasteiger partial charge in [0.2, 0.25) is 11.8 Å². The summed E-state index contributed by atoms with van der Waals surface area (Å²) in [6.07, 6.45) is 0.514. The fraction of sp³-hybridized carbons (Fsp3) is 0.364. The van der Waals surface area contributed by atoms with Gasteiger partial charge in [-0.15, -0.1) is 0 Å². The van der Waals surface area contributed by atoms with E-state index in [9.17, 15) is 24.1 Å². The minimum atomic E-state index is -0.806. The number of para-hydroxylation sites is 1. The fourth-order valence-electron chi connectivity index (χ4n) is 2.94. The third-order valence-corrected chi connectivity index (χ3v) is 4.96. The lowest BCUT2D eigenvalue weighted by atomic mass is 10.1. The summed E-state index contributed by atoms with van der Waals surface area (Å²) >= 11 is 0. The van der Waals surface area contributed by atoms with Gasteiger partial charge < -0.3 is 10.2 Å². The zero-order valence-corrected chi connectivity index (χ0v) is 17.3. The van der Waals surface area contributed by atoms with E-state index in [1.165, 1.54) is 35.2 Å². The van der Waals surface area contributed by atoms with Crippen molar-refractivity contribution >= 4 is 17.5 Å². The van der Waals surface area contributed by atoms with Gasteiger partial charge in [-0.3, -0.25) is 19.7 Å². The van der Waals surface area contributed by atoms with E-state index in [1.54, 1.807) is 25.1 Å². The topological polar surface area (TPSA) is 92.6 Å². The molecule has 0 saturated heterocycles. The second-order valence-corrected chi connectivity index (χ2v) is 7.20. The molecule has 0 saturated carbocycles. The third-order valence-electron chi connectivity index (χ3n) is 4.96. The summed E-state index contributed by atoms with van der Waals surface area (Å²) in [7, 11) is 0. The molecule has 0 aliphatic rings. The average molecular weight is 415 g/mol. The van der Waals surface area contributed by atoms with Crippen LogP contribution in [0.25, 0.3) is 0 Å². The van der Waals surface area contributed by atoms with Crippen LogP contribution in [-0.4, -0.2) is 33.7 Å². The Morgan fingerprint density at radius 1 is 1.13 bits per heavy atom. The molecule has 0 heterocycles. The maximum absolute atomic E-state index is 13.3. The average Bonchev–Trinajstić information content (AvgIpc) is 2.72. The van der Waals surface area contributed by atoms with Crippen LogP contribution in [-0.2, 0) is 22.6 Å². The molecule has 160 valence electrons. The van der Waals surface area contributed by atoms with Crippen molar-refractivity contribution in [2.75, 3.05) is 0 Å². The molecule has 2 aromatic carbocycles. The highest BCUT2D eigenvalue weighted by Gasteiger charge is 2.28. The highest BCUT2D eigenvalue weighted by atomic mass is 19.1. The zero-order chi connectivity index (χ0) is 22.3. The molecule has 0 aromatic heterocycles. The number of nitro groups is 1. The van der Waals surface area contributed by atoms with Crippen molar-refractivity contribution in [3.05, 3.63) is 75.6 Å². The van der Waals surface area contributed by atoms with E-state index < -0.39 is 22.7 Å². The van der Waals surface area contributed by atoms with E-state index in [1.807, 2.05) is 13.8 Å². The van der Waals surface area contributed by atoms with Crippen molar-refractivity contribution in [3.63, 3.8) is 0 Å². The number of nitrogens with one attached hydrogen (secondary N) is 1. The molecule has 2 atom stereocenters. The number of benzene rings is 2. The van der Waals surface area contributed by atoms with Gasteiger partial charge in [0.05, 0.1) is 11.3 Å². The number of halogens is 1. The Morgan fingerprint density at radius 3 is 2.37 bits per heavy atom. The van der Waals surface area contributed by atoms with E-state index >= 15 is 0 Å². The summed E-state index contributed by atoms with van der Waals surface area (Å²) in [5, 5.41) is 14.1. The SMILES string of the molecule is CC[C@@H](C)NC(=O)[C@H](C)N(Cc1ccc(F)cc1)C(=O)Cc1ccccc1[N+](=O)[O-]. The molecule has 0 aliphatic carbocycles. The highest BCUT2D eigenvalue weighted by Crippen LogP contribution is 2.20. The standard InChI is InChI=1S/C22H26FN3O4/c1-4-15(2)24-22(28)16(3)25(14-17-9-11-19(23)12-10-17)21(27)13-18-7-5-6-8-20(18)26(29)30/h5-12,15-16H,4,13-14H2,1-3H3,(H,24,28)/t15-,16+/m1/s1. The summed E-state index contributed by atoms with van der Waals surface area (Å²) in [6, 6.07) is 10.8. The first-order valence-corrected chi connectivity index (χ1v) is 9.79. The van der Waals surface area contributed by atoms with Gasteiger partial charge >= 0.3 is 0 Å². The largest absolute Gasteiger partial charge is 0.352 e. The normalized spacial score (nSPS) is 12.7. The van der Waals surface area contributed by atoms with E-state index in [0.717, 1.165) is 6.42 Å². The Hall–Kier alpha value is -3.29. The number of carbonyl (C=O) groups excluding carboxylic acids is 2. The number of nitro benzene ring substituents is 1. The summed E-state index contributed by atoms with van der Waals surface area (Å²) in [6.45, 7) is 5.49. The van der Waals surface area contributed by atoms with Gasteiger partial charge in [0.1, 0.15) is 11.9 Å². The number of hydrogen-bond donors (Lipinski definition) is 1. The quantitative estimate of drug-likeness (QED) is 0.500. The Kier molecular flexibility index (Phi) is 8.03. The molecule has 0 unspecified atom stereocenters. The van der Waals surface area contributed by atoms with Crippen LogP contribution < -0.4 is 5.32 Å². The second kappa shape index (κ2) is 10.5. The van der Waals surface area contributed by atoms with Crippen molar-refractivity contribution in [2.45, 2.75) is 52.2 Å². The Labute approximate surface area is 175 Å². The maximum atomic E-state index is 13.3. The number of nitrogens with zero attached hydrogens (tertiary/aromatic N) is 2. The number of amides is 2. The highest BCUT2D eigenvalue weighted by molar-refractivity contribution is 5.88. The number of rotatable bonds is 9. The van der Waals surface area contributed by atoms with Gasteiger partial charge in [-0.2, -0.15) is 0 Å². The lowest BCUT2D eigenvalue weighted by molar-refractivity contribution is -0.385. The van der Waals surface area contributed by atoms with Gasteiger partial charge in [0.15, 0.2) is 0 Å². The van der Waals surface area contributed by atoms with Crippen LogP contribution in [0, 0.1) is 15.9 Å². The van der Waals surface area contributed by atoms with E-state index in [0.29, 0.717) is 5.56 Å². The molecule has 8 heteroatoms. The van der Waals surface area contributed by atoms with Gasteiger partial charge in [-0.25, -0.2) is 4.39 Å². The smallest absolute Gasteiger partial charge is 0.273 e. The summed E-state index contributed by atoms with van der Waals surface area (Å²) in [4.78, 5) is 37.9. The van der Waals surface area contributed by atoms with Crippen LogP contribution in [0.4, 0.5) is 10.1 Å². The molecule has 30 heavy (non-hydrogen) atoms. The van der Waals surface area contributed by atoms with E-state index in [4.69, 9.17) is 0 Å². The van der Waals surface area contributed by atoms with Crippen molar-refractivity contribution in [2.24, 2.45) is 0 Å². The minimum absolute atomic E-state index is 0.0575. The number of hydrogen-bond acceptors (Lipinski definition) is 4. The zero-order valence-electron chi connectivity index (χ0n) is 17.3. The van der Waals surface area contributed by atoms with Crippen LogP contribution in [0.2, 0.25) is 0 Å².